The first-order valence-electron chi connectivity index (χ1n) is 7.64. The minimum atomic E-state index is -4.51. The predicted octanol–water partition coefficient (Wildman–Crippen LogP) is 5.04. The Balaban J connectivity index is 1.75. The van der Waals surface area contributed by atoms with Gasteiger partial charge in [-0.05, 0) is 24.3 Å². The molecule has 1 aromatic heterocycles. The minimum absolute atomic E-state index is 0.0143. The minimum Gasteiger partial charge on any atom is -0.364 e. The summed E-state index contributed by atoms with van der Waals surface area (Å²) in [7, 11) is 0. The molecule has 0 amide bonds. The van der Waals surface area contributed by atoms with E-state index in [9.17, 15) is 17.6 Å². The van der Waals surface area contributed by atoms with Crippen LogP contribution in [0.15, 0.2) is 48.7 Å². The van der Waals surface area contributed by atoms with Gasteiger partial charge in [-0.3, -0.25) is 0 Å². The van der Waals surface area contributed by atoms with E-state index in [2.05, 4.69) is 25.8 Å². The summed E-state index contributed by atoms with van der Waals surface area (Å²) in [5.41, 5.74) is -0.456. The second kappa shape index (κ2) is 7.75. The molecule has 1 heterocycles. The molecule has 0 unspecified atom stereocenters. The van der Waals surface area contributed by atoms with E-state index in [0.29, 0.717) is 5.56 Å². The average Bonchev–Trinajstić information content (AvgIpc) is 2.62. The fourth-order valence-corrected chi connectivity index (χ4v) is 2.35. The molecule has 5 nitrogen and oxygen atoms in total. The highest BCUT2D eigenvalue weighted by Crippen LogP contribution is 2.34. The predicted molar refractivity (Wildman–Crippen MR) is 93.3 cm³/mol. The molecule has 0 bridgehead atoms. The monoisotopic (exact) mass is 397 g/mol. The molecule has 0 atom stereocenters. The van der Waals surface area contributed by atoms with Crippen molar-refractivity contribution < 1.29 is 17.6 Å². The lowest BCUT2D eigenvalue weighted by molar-refractivity contribution is -0.137. The van der Waals surface area contributed by atoms with E-state index in [1.165, 1.54) is 12.3 Å². The first-order valence-corrected chi connectivity index (χ1v) is 8.01. The first kappa shape index (κ1) is 18.8. The molecule has 0 aliphatic carbocycles. The van der Waals surface area contributed by atoms with Gasteiger partial charge in [0, 0.05) is 12.1 Å². The average molecular weight is 398 g/mol. The Morgan fingerprint density at radius 2 is 1.85 bits per heavy atom. The Morgan fingerprint density at radius 3 is 2.59 bits per heavy atom. The summed E-state index contributed by atoms with van der Waals surface area (Å²) in [6.07, 6.45) is -3.21. The molecule has 140 valence electrons. The Kier molecular flexibility index (Phi) is 5.41. The number of hydrogen-bond acceptors (Lipinski definition) is 5. The van der Waals surface area contributed by atoms with Crippen LogP contribution in [0.1, 0.15) is 11.1 Å². The van der Waals surface area contributed by atoms with Crippen LogP contribution in [0.2, 0.25) is 5.02 Å². The van der Waals surface area contributed by atoms with Crippen LogP contribution in [-0.2, 0) is 12.7 Å². The van der Waals surface area contributed by atoms with Crippen molar-refractivity contribution in [1.82, 2.24) is 15.2 Å². The number of rotatable bonds is 5. The van der Waals surface area contributed by atoms with Gasteiger partial charge >= 0.3 is 6.18 Å². The quantitative estimate of drug-likeness (QED) is 0.591. The van der Waals surface area contributed by atoms with Crippen LogP contribution in [-0.4, -0.2) is 15.2 Å². The zero-order valence-corrected chi connectivity index (χ0v) is 14.3. The van der Waals surface area contributed by atoms with Crippen molar-refractivity contribution >= 4 is 29.1 Å². The molecule has 0 spiro atoms. The molecule has 0 saturated carbocycles. The summed E-state index contributed by atoms with van der Waals surface area (Å²) < 4.78 is 52.2. The maximum absolute atomic E-state index is 13.6. The van der Waals surface area contributed by atoms with Crippen molar-refractivity contribution in [3.8, 4) is 0 Å². The summed E-state index contributed by atoms with van der Waals surface area (Å²) in [4.78, 5) is 4.09. The molecule has 0 radical (unpaired) electrons. The number of nitrogens with one attached hydrogen (secondary N) is 2. The van der Waals surface area contributed by atoms with Gasteiger partial charge in [0.05, 0.1) is 22.5 Å². The smallest absolute Gasteiger partial charge is 0.364 e. The van der Waals surface area contributed by atoms with Crippen LogP contribution < -0.4 is 10.6 Å². The van der Waals surface area contributed by atoms with E-state index in [-0.39, 0.29) is 34.8 Å². The number of benzene rings is 2. The Hall–Kier alpha value is -2.94. The van der Waals surface area contributed by atoms with Gasteiger partial charge in [0.15, 0.2) is 5.82 Å². The molecule has 10 heteroatoms. The number of nitrogens with zero attached hydrogens (tertiary/aromatic N) is 3. The van der Waals surface area contributed by atoms with E-state index in [1.807, 2.05) is 0 Å². The Morgan fingerprint density at radius 1 is 1.07 bits per heavy atom. The van der Waals surface area contributed by atoms with Crippen molar-refractivity contribution in [1.29, 1.82) is 0 Å². The topological polar surface area (TPSA) is 62.7 Å². The van der Waals surface area contributed by atoms with Gasteiger partial charge < -0.3 is 10.6 Å². The third kappa shape index (κ3) is 4.82. The summed E-state index contributed by atoms with van der Waals surface area (Å²) in [6, 6.07) is 9.06. The van der Waals surface area contributed by atoms with E-state index in [0.717, 1.165) is 18.2 Å². The number of aromatic nitrogens is 3. The number of anilines is 3. The molecular formula is C17H12ClF4N5. The van der Waals surface area contributed by atoms with Gasteiger partial charge in [0.1, 0.15) is 5.82 Å². The standard InChI is InChI=1S/C17H12ClF4N5/c18-12-6-5-11(17(20,21)22)7-14(12)25-16-26-15(9-24-27-16)23-8-10-3-1-2-4-13(10)19/h1-7,9H,8H2,(H2,23,25,26,27). The van der Waals surface area contributed by atoms with Crippen LogP contribution in [0.4, 0.5) is 35.0 Å². The van der Waals surface area contributed by atoms with Crippen LogP contribution >= 0.6 is 11.6 Å². The van der Waals surface area contributed by atoms with Gasteiger partial charge in [-0.25, -0.2) is 4.39 Å². The van der Waals surface area contributed by atoms with Crippen molar-refractivity contribution in [2.75, 3.05) is 10.6 Å². The molecular weight excluding hydrogens is 386 g/mol. The maximum atomic E-state index is 13.6. The van der Waals surface area contributed by atoms with Crippen molar-refractivity contribution in [2.24, 2.45) is 0 Å². The van der Waals surface area contributed by atoms with Crippen LogP contribution in [0.5, 0.6) is 0 Å². The van der Waals surface area contributed by atoms with E-state index >= 15 is 0 Å². The van der Waals surface area contributed by atoms with Crippen molar-refractivity contribution in [3.63, 3.8) is 0 Å². The van der Waals surface area contributed by atoms with Gasteiger partial charge in [0.25, 0.3) is 0 Å². The SMILES string of the molecule is Fc1ccccc1CNc1cnnc(Nc2cc(C(F)(F)F)ccc2Cl)n1. The second-order valence-electron chi connectivity index (χ2n) is 5.43. The third-order valence-corrected chi connectivity index (χ3v) is 3.85. The largest absolute Gasteiger partial charge is 0.416 e. The van der Waals surface area contributed by atoms with Gasteiger partial charge in [-0.1, -0.05) is 29.8 Å². The number of halogens is 5. The molecule has 0 aliphatic rings. The van der Waals surface area contributed by atoms with E-state index < -0.39 is 11.7 Å². The molecule has 27 heavy (non-hydrogen) atoms. The van der Waals surface area contributed by atoms with Crippen molar-refractivity contribution in [2.45, 2.75) is 12.7 Å². The van der Waals surface area contributed by atoms with Crippen LogP contribution in [0.25, 0.3) is 0 Å². The van der Waals surface area contributed by atoms with Crippen LogP contribution in [0.3, 0.4) is 0 Å². The molecule has 2 aromatic carbocycles. The van der Waals surface area contributed by atoms with Crippen molar-refractivity contribution in [3.05, 3.63) is 70.6 Å². The highest BCUT2D eigenvalue weighted by atomic mass is 35.5. The summed E-state index contributed by atoms with van der Waals surface area (Å²) in [5, 5.41) is 13.0. The normalized spacial score (nSPS) is 11.3. The highest BCUT2D eigenvalue weighted by Gasteiger charge is 2.31. The van der Waals surface area contributed by atoms with Crippen LogP contribution in [0, 0.1) is 5.82 Å². The molecule has 3 rings (SSSR count). The molecule has 0 fully saturated rings. The summed E-state index contributed by atoms with van der Waals surface area (Å²) in [5.74, 6) is -0.172. The third-order valence-electron chi connectivity index (χ3n) is 3.52. The zero-order valence-electron chi connectivity index (χ0n) is 13.6. The number of hydrogen-bond donors (Lipinski definition) is 2. The summed E-state index contributed by atoms with van der Waals surface area (Å²) >= 11 is 5.93. The lowest BCUT2D eigenvalue weighted by Gasteiger charge is -2.12. The van der Waals surface area contributed by atoms with Gasteiger partial charge in [0.2, 0.25) is 5.95 Å². The van der Waals surface area contributed by atoms with Gasteiger partial charge in [-0.2, -0.15) is 23.3 Å². The fraction of sp³-hybridized carbons (Fsp3) is 0.118. The van der Waals surface area contributed by atoms with Gasteiger partial charge in [-0.15, -0.1) is 5.10 Å². The molecule has 2 N–H and O–H groups in total. The van der Waals surface area contributed by atoms with E-state index in [1.54, 1.807) is 18.2 Å². The fourth-order valence-electron chi connectivity index (χ4n) is 2.19. The first-order chi connectivity index (χ1) is 12.8. The Labute approximate surface area is 156 Å². The molecule has 0 saturated heterocycles. The number of alkyl halides is 3. The zero-order chi connectivity index (χ0) is 19.4. The molecule has 0 aliphatic heterocycles. The lowest BCUT2D eigenvalue weighted by Crippen LogP contribution is -2.08. The highest BCUT2D eigenvalue weighted by molar-refractivity contribution is 6.33. The maximum Gasteiger partial charge on any atom is 0.416 e. The second-order valence-corrected chi connectivity index (χ2v) is 5.83. The summed E-state index contributed by atoms with van der Waals surface area (Å²) in [6.45, 7) is 0.148. The molecule has 3 aromatic rings. The van der Waals surface area contributed by atoms with E-state index in [4.69, 9.17) is 11.6 Å². The Bertz CT molecular complexity index is 949. The lowest BCUT2D eigenvalue weighted by atomic mass is 10.2.